The molecule has 7 heteroatoms. The van der Waals surface area contributed by atoms with Crippen LogP contribution in [0.3, 0.4) is 0 Å². The zero-order valence-electron chi connectivity index (χ0n) is 9.00. The average molecular weight is 255 g/mol. The van der Waals surface area contributed by atoms with Gasteiger partial charge in [-0.1, -0.05) is 11.5 Å². The molecule has 0 N–H and O–H groups in total. The standard InChI is InChI=1S/C9H10BF3NO.K/c1-2-3-4-15-9-5-8(6-14-7-9)10(11,12)13;/h2,5-7H,1,3-4H2;/q-1;+1. The molecule has 0 radical (unpaired) electrons. The van der Waals surface area contributed by atoms with Crippen LogP contribution >= 0.6 is 0 Å². The summed E-state index contributed by atoms with van der Waals surface area (Å²) in [5, 5.41) is 0. The second-order valence-corrected chi connectivity index (χ2v) is 2.95. The minimum atomic E-state index is -5.01. The van der Waals surface area contributed by atoms with Crippen molar-refractivity contribution in [3.8, 4) is 5.75 Å². The van der Waals surface area contributed by atoms with Crippen molar-refractivity contribution < 1.29 is 69.1 Å². The summed E-state index contributed by atoms with van der Waals surface area (Å²) in [5.41, 5.74) is -0.744. The molecule has 1 aromatic rings. The van der Waals surface area contributed by atoms with Crippen LogP contribution in [0.4, 0.5) is 12.9 Å². The third-order valence-corrected chi connectivity index (χ3v) is 1.70. The van der Waals surface area contributed by atoms with Gasteiger partial charge >= 0.3 is 58.4 Å². The zero-order valence-corrected chi connectivity index (χ0v) is 12.1. The van der Waals surface area contributed by atoms with Crippen molar-refractivity contribution in [2.75, 3.05) is 6.61 Å². The molecule has 0 amide bonds. The predicted octanol–water partition coefficient (Wildman–Crippen LogP) is -0.905. The van der Waals surface area contributed by atoms with Gasteiger partial charge in [-0.2, -0.15) is 0 Å². The number of rotatable bonds is 5. The van der Waals surface area contributed by atoms with E-state index >= 15 is 0 Å². The van der Waals surface area contributed by atoms with Crippen LogP contribution in [0.5, 0.6) is 5.75 Å². The fraction of sp³-hybridized carbons (Fsp3) is 0.222. The van der Waals surface area contributed by atoms with Crippen LogP contribution in [0.1, 0.15) is 6.42 Å². The van der Waals surface area contributed by atoms with Crippen LogP contribution in [-0.4, -0.2) is 18.6 Å². The van der Waals surface area contributed by atoms with Crippen LogP contribution in [-0.2, 0) is 0 Å². The van der Waals surface area contributed by atoms with Crippen LogP contribution in [0.25, 0.3) is 0 Å². The molecule has 1 heterocycles. The Morgan fingerprint density at radius 3 is 2.62 bits per heavy atom. The third-order valence-electron chi connectivity index (χ3n) is 1.70. The molecular formula is C9H10BF3KNO. The number of halogens is 3. The van der Waals surface area contributed by atoms with E-state index in [4.69, 9.17) is 4.74 Å². The van der Waals surface area contributed by atoms with Crippen molar-refractivity contribution in [1.29, 1.82) is 0 Å². The molecular weight excluding hydrogens is 245 g/mol. The maximum atomic E-state index is 12.3. The molecule has 0 saturated carbocycles. The predicted molar refractivity (Wildman–Crippen MR) is 53.3 cm³/mol. The van der Waals surface area contributed by atoms with Gasteiger partial charge in [0.15, 0.2) is 0 Å². The van der Waals surface area contributed by atoms with E-state index in [9.17, 15) is 12.9 Å². The number of hydrogen-bond donors (Lipinski definition) is 0. The quantitative estimate of drug-likeness (QED) is 0.386. The first kappa shape index (κ1) is 16.2. The molecule has 1 rings (SSSR count). The van der Waals surface area contributed by atoms with E-state index in [0.29, 0.717) is 13.0 Å². The molecule has 16 heavy (non-hydrogen) atoms. The molecule has 2 nitrogen and oxygen atoms in total. The van der Waals surface area contributed by atoms with Crippen LogP contribution in [0.15, 0.2) is 31.1 Å². The Hall–Kier alpha value is 0.181. The molecule has 0 unspecified atom stereocenters. The molecule has 0 aliphatic carbocycles. The van der Waals surface area contributed by atoms with Gasteiger partial charge in [0.25, 0.3) is 0 Å². The van der Waals surface area contributed by atoms with Gasteiger partial charge in [0.2, 0.25) is 0 Å². The fourth-order valence-corrected chi connectivity index (χ4v) is 0.954. The minimum Gasteiger partial charge on any atom is -0.492 e. The Bertz CT molecular complexity index is 346. The summed E-state index contributed by atoms with van der Waals surface area (Å²) in [4.78, 5) is 3.47. The summed E-state index contributed by atoms with van der Waals surface area (Å²) in [7, 11) is 0. The molecule has 0 fully saturated rings. The van der Waals surface area contributed by atoms with Crippen LogP contribution in [0, 0.1) is 0 Å². The van der Waals surface area contributed by atoms with Gasteiger partial charge in [0.1, 0.15) is 5.75 Å². The molecule has 1 aromatic heterocycles. The summed E-state index contributed by atoms with van der Waals surface area (Å²) in [6, 6.07) is 0.954. The molecule has 0 bridgehead atoms. The van der Waals surface area contributed by atoms with Crippen molar-refractivity contribution in [3.05, 3.63) is 31.1 Å². The number of aromatic nitrogens is 1. The van der Waals surface area contributed by atoms with E-state index in [2.05, 4.69) is 11.6 Å². The van der Waals surface area contributed by atoms with Gasteiger partial charge in [0, 0.05) is 6.20 Å². The van der Waals surface area contributed by atoms with E-state index in [0.717, 1.165) is 12.3 Å². The monoisotopic (exact) mass is 255 g/mol. The second-order valence-electron chi connectivity index (χ2n) is 2.95. The zero-order chi connectivity index (χ0) is 11.3. The summed E-state index contributed by atoms with van der Waals surface area (Å²) in [6.45, 7) is -1.23. The van der Waals surface area contributed by atoms with Crippen LogP contribution < -0.4 is 61.6 Å². The van der Waals surface area contributed by atoms with Gasteiger partial charge in [-0.15, -0.1) is 6.58 Å². The van der Waals surface area contributed by atoms with Gasteiger partial charge in [-0.3, -0.25) is 4.98 Å². The van der Waals surface area contributed by atoms with Gasteiger partial charge in [-0.25, -0.2) is 0 Å². The van der Waals surface area contributed by atoms with E-state index < -0.39 is 12.4 Å². The molecule has 0 atom stereocenters. The molecule has 82 valence electrons. The third kappa shape index (κ3) is 5.49. The first-order chi connectivity index (χ1) is 7.04. The number of ether oxygens (including phenoxy) is 1. The van der Waals surface area contributed by atoms with Crippen LogP contribution in [0.2, 0.25) is 0 Å². The Labute approximate surface area is 135 Å². The van der Waals surface area contributed by atoms with Crippen molar-refractivity contribution >= 4 is 12.4 Å². The number of hydrogen-bond acceptors (Lipinski definition) is 2. The van der Waals surface area contributed by atoms with Crippen molar-refractivity contribution in [3.63, 3.8) is 0 Å². The topological polar surface area (TPSA) is 22.1 Å². The summed E-state index contributed by atoms with van der Waals surface area (Å²) in [5.74, 6) is 0.133. The van der Waals surface area contributed by atoms with Gasteiger partial charge in [-0.05, 0) is 12.5 Å². The summed E-state index contributed by atoms with van der Waals surface area (Å²) in [6.07, 6.45) is 4.27. The molecule has 0 spiro atoms. The molecule has 0 aliphatic heterocycles. The van der Waals surface area contributed by atoms with Crippen molar-refractivity contribution in [2.24, 2.45) is 0 Å². The van der Waals surface area contributed by atoms with Gasteiger partial charge < -0.3 is 17.7 Å². The Kier molecular flexibility index (Phi) is 7.58. The maximum Gasteiger partial charge on any atom is 1.00 e. The van der Waals surface area contributed by atoms with Crippen molar-refractivity contribution in [2.45, 2.75) is 6.42 Å². The molecule has 0 aromatic carbocycles. The van der Waals surface area contributed by atoms with E-state index in [1.54, 1.807) is 6.08 Å². The smallest absolute Gasteiger partial charge is 0.492 e. The first-order valence-electron chi connectivity index (χ1n) is 4.42. The van der Waals surface area contributed by atoms with Crippen molar-refractivity contribution in [1.82, 2.24) is 4.98 Å². The average Bonchev–Trinajstić information content (AvgIpc) is 2.17. The largest absolute Gasteiger partial charge is 1.00 e. The molecule has 0 saturated heterocycles. The first-order valence-corrected chi connectivity index (χ1v) is 4.42. The normalized spacial score (nSPS) is 10.4. The van der Waals surface area contributed by atoms with E-state index in [-0.39, 0.29) is 57.1 Å². The fourth-order valence-electron chi connectivity index (χ4n) is 0.954. The number of nitrogens with zero attached hydrogens (tertiary/aromatic N) is 1. The SMILES string of the molecule is C=CCCOc1cncc([B-](F)(F)F)c1.[K+]. The summed E-state index contributed by atoms with van der Waals surface area (Å²) < 4.78 is 42.0. The summed E-state index contributed by atoms with van der Waals surface area (Å²) >= 11 is 0. The number of pyridine rings is 1. The van der Waals surface area contributed by atoms with E-state index in [1.165, 1.54) is 6.20 Å². The van der Waals surface area contributed by atoms with Gasteiger partial charge in [0.05, 0.1) is 12.8 Å². The molecule has 0 aliphatic rings. The Morgan fingerprint density at radius 2 is 2.06 bits per heavy atom. The maximum absolute atomic E-state index is 12.3. The second kappa shape index (κ2) is 7.50. The Morgan fingerprint density at radius 1 is 1.38 bits per heavy atom. The Balaban J connectivity index is 0.00000225. The minimum absolute atomic E-state index is 0. The van der Waals surface area contributed by atoms with E-state index in [1.807, 2.05) is 0 Å².